The van der Waals surface area contributed by atoms with Gasteiger partial charge in [-0.05, 0) is 31.2 Å². The Morgan fingerprint density at radius 1 is 1.29 bits per heavy atom. The van der Waals surface area contributed by atoms with Crippen molar-refractivity contribution in [1.82, 2.24) is 5.32 Å². The first-order chi connectivity index (χ1) is 8.26. The number of benzene rings is 1. The van der Waals surface area contributed by atoms with Gasteiger partial charge in [0.2, 0.25) is 0 Å². The number of aryl methyl sites for hydroxylation is 1. The third-order valence-corrected chi connectivity index (χ3v) is 2.39. The average Bonchev–Trinajstić information content (AvgIpc) is 2.37. The van der Waals surface area contributed by atoms with Gasteiger partial charge in [-0.2, -0.15) is 0 Å². The molecule has 0 heterocycles. The van der Waals surface area contributed by atoms with Gasteiger partial charge in [0.1, 0.15) is 12.4 Å². The molecule has 0 spiro atoms. The van der Waals surface area contributed by atoms with E-state index in [9.17, 15) is 4.79 Å². The smallest absolute Gasteiger partial charge is 0.305 e. The largest absolute Gasteiger partial charge is 0.492 e. The van der Waals surface area contributed by atoms with E-state index in [1.54, 1.807) is 0 Å². The topological polar surface area (TPSA) is 47.6 Å². The van der Waals surface area contributed by atoms with E-state index in [4.69, 9.17) is 4.74 Å². The van der Waals surface area contributed by atoms with Crippen LogP contribution in [0.3, 0.4) is 0 Å². The van der Waals surface area contributed by atoms with E-state index in [1.165, 1.54) is 7.11 Å². The van der Waals surface area contributed by atoms with Crippen molar-refractivity contribution in [2.75, 3.05) is 27.3 Å². The Hall–Kier alpha value is -1.55. The summed E-state index contributed by atoms with van der Waals surface area (Å²) >= 11 is 0. The molecule has 0 fully saturated rings. The van der Waals surface area contributed by atoms with Crippen molar-refractivity contribution in [2.45, 2.75) is 12.8 Å². The van der Waals surface area contributed by atoms with E-state index >= 15 is 0 Å². The standard InChI is InChI=1S/C13H19NO3/c1-14-9-10-17-12-6-3-11(4-7-12)5-8-13(15)16-2/h3-4,6-7,14H,5,8-10H2,1-2H3. The van der Waals surface area contributed by atoms with Gasteiger partial charge in [-0.1, -0.05) is 12.1 Å². The summed E-state index contributed by atoms with van der Waals surface area (Å²) in [5, 5.41) is 3.01. The summed E-state index contributed by atoms with van der Waals surface area (Å²) in [7, 11) is 3.29. The van der Waals surface area contributed by atoms with Crippen LogP contribution in [0.4, 0.5) is 0 Å². The molecule has 0 saturated heterocycles. The Morgan fingerprint density at radius 2 is 2.00 bits per heavy atom. The summed E-state index contributed by atoms with van der Waals surface area (Å²) in [6.07, 6.45) is 1.11. The normalized spacial score (nSPS) is 10.0. The maximum Gasteiger partial charge on any atom is 0.305 e. The number of ether oxygens (including phenoxy) is 2. The lowest BCUT2D eigenvalue weighted by Gasteiger charge is -2.06. The number of carbonyl (C=O) groups is 1. The summed E-state index contributed by atoms with van der Waals surface area (Å²) in [6.45, 7) is 1.47. The number of esters is 1. The lowest BCUT2D eigenvalue weighted by atomic mass is 10.1. The molecule has 0 aliphatic carbocycles. The number of hydrogen-bond donors (Lipinski definition) is 1. The molecule has 1 aromatic rings. The third-order valence-electron chi connectivity index (χ3n) is 2.39. The number of carbonyl (C=O) groups excluding carboxylic acids is 1. The van der Waals surface area contributed by atoms with Crippen molar-refractivity contribution >= 4 is 5.97 Å². The molecule has 0 unspecified atom stereocenters. The van der Waals surface area contributed by atoms with Crippen molar-refractivity contribution in [3.05, 3.63) is 29.8 Å². The first-order valence-corrected chi connectivity index (χ1v) is 5.69. The van der Waals surface area contributed by atoms with Gasteiger partial charge >= 0.3 is 5.97 Å². The van der Waals surface area contributed by atoms with E-state index in [-0.39, 0.29) is 5.97 Å². The van der Waals surface area contributed by atoms with Crippen molar-refractivity contribution in [1.29, 1.82) is 0 Å². The molecule has 0 amide bonds. The zero-order chi connectivity index (χ0) is 12.5. The highest BCUT2D eigenvalue weighted by Gasteiger charge is 2.01. The molecule has 0 saturated carbocycles. The van der Waals surface area contributed by atoms with Crippen molar-refractivity contribution in [3.8, 4) is 5.75 Å². The summed E-state index contributed by atoms with van der Waals surface area (Å²) < 4.78 is 10.1. The minimum absolute atomic E-state index is 0.181. The maximum atomic E-state index is 11.0. The number of nitrogens with one attached hydrogen (secondary N) is 1. The third kappa shape index (κ3) is 5.36. The van der Waals surface area contributed by atoms with Crippen LogP contribution < -0.4 is 10.1 Å². The molecule has 0 radical (unpaired) electrons. The molecule has 0 aliphatic heterocycles. The minimum atomic E-state index is -0.181. The highest BCUT2D eigenvalue weighted by molar-refractivity contribution is 5.69. The van der Waals surface area contributed by atoms with Gasteiger partial charge in [-0.25, -0.2) is 0 Å². The first-order valence-electron chi connectivity index (χ1n) is 5.69. The van der Waals surface area contributed by atoms with Crippen LogP contribution in [-0.4, -0.2) is 33.3 Å². The zero-order valence-corrected chi connectivity index (χ0v) is 10.4. The quantitative estimate of drug-likeness (QED) is 0.575. The highest BCUT2D eigenvalue weighted by atomic mass is 16.5. The SMILES string of the molecule is CNCCOc1ccc(CCC(=O)OC)cc1. The fraction of sp³-hybridized carbons (Fsp3) is 0.462. The van der Waals surface area contributed by atoms with Crippen LogP contribution in [0.1, 0.15) is 12.0 Å². The Balaban J connectivity index is 2.36. The first kappa shape index (κ1) is 13.5. The van der Waals surface area contributed by atoms with Gasteiger partial charge < -0.3 is 14.8 Å². The molecule has 0 bridgehead atoms. The summed E-state index contributed by atoms with van der Waals surface area (Å²) in [5.74, 6) is 0.668. The molecule has 94 valence electrons. The predicted molar refractivity (Wildman–Crippen MR) is 66.2 cm³/mol. The van der Waals surface area contributed by atoms with Gasteiger partial charge in [-0.15, -0.1) is 0 Å². The molecule has 0 atom stereocenters. The zero-order valence-electron chi connectivity index (χ0n) is 10.4. The predicted octanol–water partition coefficient (Wildman–Crippen LogP) is 1.39. The molecule has 0 aliphatic rings. The van der Waals surface area contributed by atoms with Crippen LogP contribution in [-0.2, 0) is 16.0 Å². The maximum absolute atomic E-state index is 11.0. The molecule has 0 aromatic heterocycles. The minimum Gasteiger partial charge on any atom is -0.492 e. The highest BCUT2D eigenvalue weighted by Crippen LogP contribution is 2.13. The fourth-order valence-corrected chi connectivity index (χ4v) is 1.37. The Labute approximate surface area is 102 Å². The molecule has 1 N–H and O–H groups in total. The van der Waals surface area contributed by atoms with Gasteiger partial charge in [0.15, 0.2) is 0 Å². The number of rotatable bonds is 7. The van der Waals surface area contributed by atoms with Crippen molar-refractivity contribution < 1.29 is 14.3 Å². The average molecular weight is 237 g/mol. The number of hydrogen-bond acceptors (Lipinski definition) is 4. The van der Waals surface area contributed by atoms with Gasteiger partial charge in [0.25, 0.3) is 0 Å². The van der Waals surface area contributed by atoms with Crippen LogP contribution in [0.5, 0.6) is 5.75 Å². The lowest BCUT2D eigenvalue weighted by molar-refractivity contribution is -0.140. The van der Waals surface area contributed by atoms with Crippen LogP contribution in [0.2, 0.25) is 0 Å². The van der Waals surface area contributed by atoms with Crippen molar-refractivity contribution in [2.24, 2.45) is 0 Å². The number of methoxy groups -OCH3 is 1. The Kier molecular flexibility index (Phi) is 6.10. The summed E-state index contributed by atoms with van der Waals surface area (Å²) in [4.78, 5) is 11.0. The lowest BCUT2D eigenvalue weighted by Crippen LogP contribution is -2.15. The van der Waals surface area contributed by atoms with Crippen LogP contribution in [0.15, 0.2) is 24.3 Å². The second-order valence-electron chi connectivity index (χ2n) is 3.67. The van der Waals surface area contributed by atoms with E-state index in [2.05, 4.69) is 10.1 Å². The number of likely N-dealkylation sites (N-methyl/N-ethyl adjacent to an activating group) is 1. The van der Waals surface area contributed by atoms with Gasteiger partial charge in [0, 0.05) is 13.0 Å². The Morgan fingerprint density at radius 3 is 2.59 bits per heavy atom. The van der Waals surface area contributed by atoms with Crippen LogP contribution in [0, 0.1) is 0 Å². The summed E-state index contributed by atoms with van der Waals surface area (Å²) in [6, 6.07) is 7.78. The van der Waals surface area contributed by atoms with Gasteiger partial charge in [-0.3, -0.25) is 4.79 Å². The monoisotopic (exact) mass is 237 g/mol. The Bertz CT molecular complexity index is 335. The van der Waals surface area contributed by atoms with E-state index in [0.29, 0.717) is 19.4 Å². The molecule has 4 nitrogen and oxygen atoms in total. The van der Waals surface area contributed by atoms with E-state index < -0.39 is 0 Å². The molecule has 1 rings (SSSR count). The van der Waals surface area contributed by atoms with E-state index in [0.717, 1.165) is 17.9 Å². The fourth-order valence-electron chi connectivity index (χ4n) is 1.37. The molecule has 17 heavy (non-hydrogen) atoms. The van der Waals surface area contributed by atoms with Crippen LogP contribution >= 0.6 is 0 Å². The van der Waals surface area contributed by atoms with Crippen LogP contribution in [0.25, 0.3) is 0 Å². The second kappa shape index (κ2) is 7.68. The molecule has 4 heteroatoms. The van der Waals surface area contributed by atoms with E-state index in [1.807, 2.05) is 31.3 Å². The van der Waals surface area contributed by atoms with Gasteiger partial charge in [0.05, 0.1) is 7.11 Å². The second-order valence-corrected chi connectivity index (χ2v) is 3.67. The summed E-state index contributed by atoms with van der Waals surface area (Å²) in [5.41, 5.74) is 1.11. The van der Waals surface area contributed by atoms with Crippen molar-refractivity contribution in [3.63, 3.8) is 0 Å². The molecular formula is C13H19NO3. The molecule has 1 aromatic carbocycles. The molecular weight excluding hydrogens is 218 g/mol.